The number of H-pyrrole nitrogens is 1. The maximum atomic E-state index is 12.6. The zero-order valence-electron chi connectivity index (χ0n) is 13.0. The Labute approximate surface area is 138 Å². The molecule has 1 saturated heterocycles. The molecule has 9 nitrogen and oxygen atoms in total. The van der Waals surface area contributed by atoms with Crippen molar-refractivity contribution >= 4 is 5.91 Å². The zero-order valence-corrected chi connectivity index (χ0v) is 13.0. The van der Waals surface area contributed by atoms with Crippen molar-refractivity contribution in [3.05, 3.63) is 30.6 Å². The molecule has 1 saturated carbocycles. The number of morpholine rings is 1. The van der Waals surface area contributed by atoms with Crippen LogP contribution in [0.25, 0.3) is 0 Å². The molecule has 0 aromatic carbocycles. The first-order valence-corrected chi connectivity index (χ1v) is 8.00. The smallest absolute Gasteiger partial charge is 0.316 e. The normalized spacial score (nSPS) is 26.2. The molecule has 0 spiro atoms. The SMILES string of the molecule is O=C(c1ncn[nH]1)N1CCOC2C(COc3ncccn3)CCC21. The average molecular weight is 330 g/mol. The molecule has 2 fully saturated rings. The fourth-order valence-corrected chi connectivity index (χ4v) is 3.48. The molecule has 2 aromatic rings. The second-order valence-electron chi connectivity index (χ2n) is 5.92. The standard InChI is InChI=1S/C15H18N6O3/c22-14(13-18-9-19-20-13)21-6-7-23-12-10(2-3-11(12)21)8-24-15-16-4-1-5-17-15/h1,4-5,9-12H,2-3,6-8H2,(H,18,19,20). The van der Waals surface area contributed by atoms with Crippen LogP contribution < -0.4 is 4.74 Å². The monoisotopic (exact) mass is 330 g/mol. The first kappa shape index (κ1) is 15.0. The highest BCUT2D eigenvalue weighted by atomic mass is 16.5. The average Bonchev–Trinajstić information content (AvgIpc) is 3.30. The first-order chi connectivity index (χ1) is 11.8. The molecule has 24 heavy (non-hydrogen) atoms. The number of hydrogen-bond acceptors (Lipinski definition) is 7. The summed E-state index contributed by atoms with van der Waals surface area (Å²) in [4.78, 5) is 26.5. The molecule has 1 aliphatic carbocycles. The molecule has 3 unspecified atom stereocenters. The van der Waals surface area contributed by atoms with Crippen molar-refractivity contribution in [1.82, 2.24) is 30.0 Å². The van der Waals surface area contributed by atoms with Crippen molar-refractivity contribution < 1.29 is 14.3 Å². The van der Waals surface area contributed by atoms with Crippen molar-refractivity contribution in [3.8, 4) is 6.01 Å². The Morgan fingerprint density at radius 2 is 2.21 bits per heavy atom. The van der Waals surface area contributed by atoms with E-state index >= 15 is 0 Å². The Morgan fingerprint density at radius 1 is 1.33 bits per heavy atom. The van der Waals surface area contributed by atoms with Gasteiger partial charge >= 0.3 is 6.01 Å². The zero-order chi connectivity index (χ0) is 16.4. The topological polar surface area (TPSA) is 106 Å². The summed E-state index contributed by atoms with van der Waals surface area (Å²) in [5.41, 5.74) is 0. The van der Waals surface area contributed by atoms with Crippen LogP contribution in [0.5, 0.6) is 6.01 Å². The van der Waals surface area contributed by atoms with Gasteiger partial charge in [0, 0.05) is 24.9 Å². The van der Waals surface area contributed by atoms with Crippen LogP contribution >= 0.6 is 0 Å². The van der Waals surface area contributed by atoms with Gasteiger partial charge in [0.25, 0.3) is 5.91 Å². The lowest BCUT2D eigenvalue weighted by atomic mass is 10.0. The molecule has 1 amide bonds. The van der Waals surface area contributed by atoms with Crippen LogP contribution in [0, 0.1) is 5.92 Å². The molecular weight excluding hydrogens is 312 g/mol. The number of carbonyl (C=O) groups is 1. The van der Waals surface area contributed by atoms with E-state index in [2.05, 4.69) is 25.1 Å². The maximum Gasteiger partial charge on any atom is 0.316 e. The maximum absolute atomic E-state index is 12.6. The van der Waals surface area contributed by atoms with E-state index in [-0.39, 0.29) is 29.8 Å². The van der Waals surface area contributed by atoms with Crippen LogP contribution in [0.4, 0.5) is 0 Å². The number of carbonyl (C=O) groups excluding carboxylic acids is 1. The number of amides is 1. The van der Waals surface area contributed by atoms with Gasteiger partial charge in [-0.1, -0.05) is 0 Å². The van der Waals surface area contributed by atoms with Crippen LogP contribution in [-0.4, -0.2) is 67.9 Å². The van der Waals surface area contributed by atoms with E-state index in [1.807, 2.05) is 4.90 Å². The minimum atomic E-state index is -0.126. The molecule has 1 aliphatic heterocycles. The van der Waals surface area contributed by atoms with E-state index in [1.54, 1.807) is 18.5 Å². The van der Waals surface area contributed by atoms with Crippen molar-refractivity contribution in [2.75, 3.05) is 19.8 Å². The number of aromatic amines is 1. The lowest BCUT2D eigenvalue weighted by Crippen LogP contribution is -2.53. The van der Waals surface area contributed by atoms with Gasteiger partial charge < -0.3 is 14.4 Å². The highest BCUT2D eigenvalue weighted by molar-refractivity contribution is 5.90. The molecule has 2 aromatic heterocycles. The Kier molecular flexibility index (Phi) is 4.08. The van der Waals surface area contributed by atoms with Crippen molar-refractivity contribution in [2.24, 2.45) is 5.92 Å². The molecule has 3 atom stereocenters. The van der Waals surface area contributed by atoms with E-state index in [4.69, 9.17) is 9.47 Å². The molecule has 0 radical (unpaired) electrons. The van der Waals surface area contributed by atoms with Gasteiger partial charge in [-0.05, 0) is 18.9 Å². The Balaban J connectivity index is 1.42. The van der Waals surface area contributed by atoms with Gasteiger partial charge in [-0.3, -0.25) is 9.89 Å². The summed E-state index contributed by atoms with van der Waals surface area (Å²) in [6.45, 7) is 1.56. The molecule has 0 bridgehead atoms. The third kappa shape index (κ3) is 2.82. The first-order valence-electron chi connectivity index (χ1n) is 8.00. The number of nitrogens with zero attached hydrogens (tertiary/aromatic N) is 5. The summed E-state index contributed by atoms with van der Waals surface area (Å²) in [6, 6.07) is 2.16. The minimum Gasteiger partial charge on any atom is -0.463 e. The molecular formula is C15H18N6O3. The van der Waals surface area contributed by atoms with Crippen molar-refractivity contribution in [2.45, 2.75) is 25.0 Å². The predicted molar refractivity (Wildman–Crippen MR) is 81.2 cm³/mol. The van der Waals surface area contributed by atoms with Gasteiger partial charge in [-0.2, -0.15) is 5.10 Å². The summed E-state index contributed by atoms with van der Waals surface area (Å²) < 4.78 is 11.6. The van der Waals surface area contributed by atoms with Gasteiger partial charge in [0.2, 0.25) is 5.82 Å². The summed E-state index contributed by atoms with van der Waals surface area (Å²) >= 11 is 0. The Hall–Kier alpha value is -2.55. The lowest BCUT2D eigenvalue weighted by Gasteiger charge is -2.38. The molecule has 3 heterocycles. The highest BCUT2D eigenvalue weighted by Gasteiger charge is 2.45. The summed E-state index contributed by atoms with van der Waals surface area (Å²) in [6.07, 6.45) is 6.42. The summed E-state index contributed by atoms with van der Waals surface area (Å²) in [5, 5.41) is 6.39. The Bertz CT molecular complexity index is 680. The number of fused-ring (bicyclic) bond motifs is 1. The van der Waals surface area contributed by atoms with Crippen LogP contribution in [0.1, 0.15) is 23.5 Å². The highest BCUT2D eigenvalue weighted by Crippen LogP contribution is 2.35. The number of ether oxygens (including phenoxy) is 2. The van der Waals surface area contributed by atoms with E-state index in [9.17, 15) is 4.79 Å². The van der Waals surface area contributed by atoms with Crippen molar-refractivity contribution in [3.63, 3.8) is 0 Å². The second kappa shape index (κ2) is 6.52. The Morgan fingerprint density at radius 3 is 3.00 bits per heavy atom. The molecule has 2 aliphatic rings. The third-order valence-corrected chi connectivity index (χ3v) is 4.57. The van der Waals surface area contributed by atoms with Crippen LogP contribution in [-0.2, 0) is 4.74 Å². The quantitative estimate of drug-likeness (QED) is 0.859. The number of hydrogen-bond donors (Lipinski definition) is 1. The summed E-state index contributed by atoms with van der Waals surface area (Å²) in [7, 11) is 0. The van der Waals surface area contributed by atoms with Crippen LogP contribution in [0.3, 0.4) is 0 Å². The third-order valence-electron chi connectivity index (χ3n) is 4.57. The number of rotatable bonds is 4. The molecule has 9 heteroatoms. The molecule has 4 rings (SSSR count). The lowest BCUT2D eigenvalue weighted by molar-refractivity contribution is -0.0685. The minimum absolute atomic E-state index is 0.0330. The molecule has 126 valence electrons. The van der Waals surface area contributed by atoms with Gasteiger partial charge in [0.1, 0.15) is 6.33 Å². The van der Waals surface area contributed by atoms with Crippen LogP contribution in [0.15, 0.2) is 24.8 Å². The number of aromatic nitrogens is 5. The van der Waals surface area contributed by atoms with E-state index in [1.165, 1.54) is 6.33 Å². The fraction of sp³-hybridized carbons (Fsp3) is 0.533. The van der Waals surface area contributed by atoms with Crippen LogP contribution in [0.2, 0.25) is 0 Å². The van der Waals surface area contributed by atoms with Gasteiger partial charge in [-0.25, -0.2) is 15.0 Å². The largest absolute Gasteiger partial charge is 0.463 e. The molecule has 1 N–H and O–H groups in total. The van der Waals surface area contributed by atoms with E-state index in [0.717, 1.165) is 12.8 Å². The van der Waals surface area contributed by atoms with Gasteiger partial charge in [0.05, 0.1) is 25.4 Å². The van der Waals surface area contributed by atoms with Crippen molar-refractivity contribution in [1.29, 1.82) is 0 Å². The van der Waals surface area contributed by atoms with E-state index < -0.39 is 0 Å². The van der Waals surface area contributed by atoms with Gasteiger partial charge in [-0.15, -0.1) is 0 Å². The van der Waals surface area contributed by atoms with E-state index in [0.29, 0.717) is 25.8 Å². The second-order valence-corrected chi connectivity index (χ2v) is 5.92. The van der Waals surface area contributed by atoms with Gasteiger partial charge in [0.15, 0.2) is 0 Å². The number of nitrogens with one attached hydrogen (secondary N) is 1. The summed E-state index contributed by atoms with van der Waals surface area (Å²) in [5.74, 6) is 0.357. The predicted octanol–water partition coefficient (Wildman–Crippen LogP) is 0.293. The fourth-order valence-electron chi connectivity index (χ4n) is 3.48.